The SMILES string of the molecule is Cc1nc2cc(OCCN3CCOCC3)ccn2c1-c1ccnc(Nc2ccc(C(=O)O)cc2)n1. The van der Waals surface area contributed by atoms with Crippen LogP contribution in [0, 0.1) is 6.92 Å². The molecule has 0 atom stereocenters. The van der Waals surface area contributed by atoms with Gasteiger partial charge in [0, 0.05) is 43.8 Å². The molecule has 5 rings (SSSR count). The first-order valence-electron chi connectivity index (χ1n) is 11.4. The topological polar surface area (TPSA) is 114 Å². The van der Waals surface area contributed by atoms with Gasteiger partial charge in [-0.15, -0.1) is 0 Å². The first kappa shape index (κ1) is 22.8. The number of fused-ring (bicyclic) bond motifs is 1. The van der Waals surface area contributed by atoms with Crippen molar-refractivity contribution in [3.05, 3.63) is 66.1 Å². The molecule has 10 nitrogen and oxygen atoms in total. The first-order chi connectivity index (χ1) is 17.1. The fourth-order valence-corrected chi connectivity index (χ4v) is 4.04. The van der Waals surface area contributed by atoms with E-state index in [1.165, 1.54) is 12.1 Å². The number of aromatic nitrogens is 4. The van der Waals surface area contributed by atoms with E-state index in [2.05, 4.69) is 20.2 Å². The third-order valence-corrected chi connectivity index (χ3v) is 5.84. The summed E-state index contributed by atoms with van der Waals surface area (Å²) in [5.74, 6) is 0.212. The summed E-state index contributed by atoms with van der Waals surface area (Å²) in [6.45, 7) is 6.85. The van der Waals surface area contributed by atoms with Crippen molar-refractivity contribution >= 4 is 23.3 Å². The molecule has 1 aromatic carbocycles. The maximum absolute atomic E-state index is 11.1. The van der Waals surface area contributed by atoms with Crippen molar-refractivity contribution in [2.45, 2.75) is 6.92 Å². The van der Waals surface area contributed by atoms with Crippen LogP contribution in [0.1, 0.15) is 16.1 Å². The number of ether oxygens (including phenoxy) is 2. The van der Waals surface area contributed by atoms with Crippen LogP contribution in [0.15, 0.2) is 54.9 Å². The van der Waals surface area contributed by atoms with Crippen molar-refractivity contribution in [1.29, 1.82) is 0 Å². The molecule has 1 saturated heterocycles. The molecular formula is C25H26N6O4. The zero-order valence-electron chi connectivity index (χ0n) is 19.3. The van der Waals surface area contributed by atoms with Gasteiger partial charge in [0.05, 0.1) is 35.9 Å². The molecule has 4 aromatic rings. The fourth-order valence-electron chi connectivity index (χ4n) is 4.04. The van der Waals surface area contributed by atoms with Gasteiger partial charge in [-0.3, -0.25) is 9.30 Å². The Morgan fingerprint density at radius 1 is 1.14 bits per heavy atom. The van der Waals surface area contributed by atoms with Crippen LogP contribution in [0.5, 0.6) is 5.75 Å². The Labute approximate surface area is 202 Å². The number of rotatable bonds is 8. The molecule has 0 amide bonds. The van der Waals surface area contributed by atoms with E-state index < -0.39 is 5.97 Å². The molecule has 0 radical (unpaired) electrons. The van der Waals surface area contributed by atoms with Gasteiger partial charge in [-0.1, -0.05) is 0 Å². The normalized spacial score (nSPS) is 14.2. The van der Waals surface area contributed by atoms with Crippen LogP contribution < -0.4 is 10.1 Å². The van der Waals surface area contributed by atoms with Crippen molar-refractivity contribution < 1.29 is 19.4 Å². The lowest BCUT2D eigenvalue weighted by molar-refractivity contribution is 0.0322. The van der Waals surface area contributed by atoms with Crippen LogP contribution in [0.4, 0.5) is 11.6 Å². The third kappa shape index (κ3) is 5.23. The van der Waals surface area contributed by atoms with Crippen molar-refractivity contribution in [2.24, 2.45) is 0 Å². The monoisotopic (exact) mass is 474 g/mol. The molecule has 180 valence electrons. The summed E-state index contributed by atoms with van der Waals surface area (Å²) in [5, 5.41) is 12.2. The largest absolute Gasteiger partial charge is 0.492 e. The highest BCUT2D eigenvalue weighted by molar-refractivity contribution is 5.88. The standard InChI is InChI=1S/C25H26N6O4/c1-17-23(21-6-8-26-25(29-21)28-19-4-2-18(3-5-19)24(32)33)31-9-7-20(16-22(31)27-17)35-15-12-30-10-13-34-14-11-30/h2-9,16H,10-15H2,1H3,(H,32,33)(H,26,28,29). The van der Waals surface area contributed by atoms with Gasteiger partial charge >= 0.3 is 5.97 Å². The Kier molecular flexibility index (Phi) is 6.55. The maximum Gasteiger partial charge on any atom is 0.335 e. The van der Waals surface area contributed by atoms with Crippen molar-refractivity contribution in [3.63, 3.8) is 0 Å². The fraction of sp³-hybridized carbons (Fsp3) is 0.280. The first-order valence-corrected chi connectivity index (χ1v) is 11.4. The lowest BCUT2D eigenvalue weighted by Gasteiger charge is -2.26. The van der Waals surface area contributed by atoms with Crippen molar-refractivity contribution in [1.82, 2.24) is 24.3 Å². The van der Waals surface area contributed by atoms with Gasteiger partial charge in [-0.2, -0.15) is 0 Å². The third-order valence-electron chi connectivity index (χ3n) is 5.84. The molecule has 35 heavy (non-hydrogen) atoms. The number of aryl methyl sites for hydroxylation is 1. The van der Waals surface area contributed by atoms with Crippen LogP contribution in [0.3, 0.4) is 0 Å². The van der Waals surface area contributed by atoms with E-state index in [9.17, 15) is 4.79 Å². The summed E-state index contributed by atoms with van der Waals surface area (Å²) in [6.07, 6.45) is 3.62. The summed E-state index contributed by atoms with van der Waals surface area (Å²) >= 11 is 0. The van der Waals surface area contributed by atoms with Gasteiger partial charge < -0.3 is 19.9 Å². The van der Waals surface area contributed by atoms with Gasteiger partial charge in [-0.05, 0) is 43.3 Å². The zero-order valence-corrected chi connectivity index (χ0v) is 19.3. The predicted octanol–water partition coefficient (Wildman–Crippen LogP) is 3.25. The highest BCUT2D eigenvalue weighted by Crippen LogP contribution is 2.26. The molecule has 3 aromatic heterocycles. The summed E-state index contributed by atoms with van der Waals surface area (Å²) in [7, 11) is 0. The minimum absolute atomic E-state index is 0.219. The number of morpholine rings is 1. The highest BCUT2D eigenvalue weighted by atomic mass is 16.5. The second kappa shape index (κ2) is 10.1. The van der Waals surface area contributed by atoms with Gasteiger partial charge in [0.15, 0.2) is 0 Å². The van der Waals surface area contributed by atoms with Crippen LogP contribution in [0.25, 0.3) is 17.0 Å². The number of nitrogens with one attached hydrogen (secondary N) is 1. The summed E-state index contributed by atoms with van der Waals surface area (Å²) in [4.78, 5) is 27.1. The summed E-state index contributed by atoms with van der Waals surface area (Å²) in [6, 6.07) is 12.1. The molecular weight excluding hydrogens is 448 g/mol. The Bertz CT molecular complexity index is 1330. The molecule has 1 fully saturated rings. The molecule has 0 bridgehead atoms. The van der Waals surface area contributed by atoms with Crippen LogP contribution in [-0.2, 0) is 4.74 Å². The molecule has 2 N–H and O–H groups in total. The maximum atomic E-state index is 11.1. The number of aromatic carboxylic acids is 1. The molecule has 0 unspecified atom stereocenters. The Morgan fingerprint density at radius 2 is 1.94 bits per heavy atom. The van der Waals surface area contributed by atoms with E-state index in [4.69, 9.17) is 19.6 Å². The number of pyridine rings is 1. The molecule has 1 aliphatic rings. The number of benzene rings is 1. The molecule has 1 aliphatic heterocycles. The Morgan fingerprint density at radius 3 is 2.71 bits per heavy atom. The second-order valence-corrected chi connectivity index (χ2v) is 8.21. The predicted molar refractivity (Wildman–Crippen MR) is 130 cm³/mol. The number of carboxylic acid groups (broad SMARTS) is 1. The highest BCUT2D eigenvalue weighted by Gasteiger charge is 2.15. The Balaban J connectivity index is 1.31. The van der Waals surface area contributed by atoms with Crippen molar-refractivity contribution in [2.75, 3.05) is 44.8 Å². The molecule has 10 heteroatoms. The number of nitrogens with zero attached hydrogens (tertiary/aromatic N) is 5. The number of carboxylic acids is 1. The quantitative estimate of drug-likeness (QED) is 0.397. The van der Waals surface area contributed by atoms with E-state index in [0.717, 1.165) is 61.3 Å². The van der Waals surface area contributed by atoms with Crippen LogP contribution in [0.2, 0.25) is 0 Å². The van der Waals surface area contributed by atoms with Crippen LogP contribution in [-0.4, -0.2) is 74.8 Å². The van der Waals surface area contributed by atoms with Gasteiger partial charge in [-0.25, -0.2) is 19.7 Å². The Hall–Kier alpha value is -4.02. The minimum atomic E-state index is -0.969. The van der Waals surface area contributed by atoms with E-state index in [1.807, 2.05) is 35.7 Å². The number of carbonyl (C=O) groups is 1. The van der Waals surface area contributed by atoms with E-state index in [1.54, 1.807) is 18.3 Å². The zero-order chi connectivity index (χ0) is 24.2. The molecule has 0 saturated carbocycles. The lowest BCUT2D eigenvalue weighted by Crippen LogP contribution is -2.38. The van der Waals surface area contributed by atoms with E-state index >= 15 is 0 Å². The number of anilines is 2. The van der Waals surface area contributed by atoms with Gasteiger partial charge in [0.2, 0.25) is 5.95 Å². The molecule has 4 heterocycles. The average Bonchev–Trinajstić information content (AvgIpc) is 3.20. The van der Waals surface area contributed by atoms with E-state index in [-0.39, 0.29) is 5.56 Å². The summed E-state index contributed by atoms with van der Waals surface area (Å²) < 4.78 is 13.3. The van der Waals surface area contributed by atoms with Gasteiger partial charge in [0.1, 0.15) is 18.0 Å². The average molecular weight is 475 g/mol. The number of hydrogen-bond acceptors (Lipinski definition) is 8. The number of imidazole rings is 1. The number of hydrogen-bond donors (Lipinski definition) is 2. The lowest BCUT2D eigenvalue weighted by atomic mass is 10.2. The molecule has 0 spiro atoms. The van der Waals surface area contributed by atoms with E-state index in [0.29, 0.717) is 18.2 Å². The minimum Gasteiger partial charge on any atom is -0.492 e. The second-order valence-electron chi connectivity index (χ2n) is 8.21. The van der Waals surface area contributed by atoms with Gasteiger partial charge in [0.25, 0.3) is 0 Å². The van der Waals surface area contributed by atoms with Crippen LogP contribution >= 0.6 is 0 Å². The smallest absolute Gasteiger partial charge is 0.335 e. The van der Waals surface area contributed by atoms with Crippen molar-refractivity contribution in [3.8, 4) is 17.1 Å². The molecule has 0 aliphatic carbocycles. The summed E-state index contributed by atoms with van der Waals surface area (Å²) in [5.41, 5.74) is 4.11.